The van der Waals surface area contributed by atoms with E-state index in [4.69, 9.17) is 0 Å². The van der Waals surface area contributed by atoms with Crippen LogP contribution in [-0.4, -0.2) is 31.6 Å². The predicted molar refractivity (Wildman–Crippen MR) is 151 cm³/mol. The third-order valence-corrected chi connectivity index (χ3v) is 7.38. The van der Waals surface area contributed by atoms with Gasteiger partial charge in [0.2, 0.25) is 11.6 Å². The van der Waals surface area contributed by atoms with Crippen LogP contribution in [0.25, 0.3) is 0 Å². The Morgan fingerprint density at radius 1 is 0.795 bits per heavy atom. The molecule has 0 aromatic heterocycles. The zero-order chi connectivity index (χ0) is 27.5. The minimum Gasteiger partial charge on any atom is -0.350 e. The monoisotopic (exact) mass is 539 g/mol. The summed E-state index contributed by atoms with van der Waals surface area (Å²) < 4.78 is 28.5. The molecule has 2 amide bonds. The van der Waals surface area contributed by atoms with E-state index in [1.165, 1.54) is 24.1 Å². The van der Waals surface area contributed by atoms with Crippen LogP contribution in [0.1, 0.15) is 12.5 Å². The number of amides is 2. The van der Waals surface area contributed by atoms with Crippen molar-refractivity contribution in [1.82, 2.24) is 5.32 Å². The summed E-state index contributed by atoms with van der Waals surface area (Å²) >= 11 is 0. The van der Waals surface area contributed by atoms with E-state index >= 15 is 0 Å². The molecule has 1 aliphatic heterocycles. The zero-order valence-corrected chi connectivity index (χ0v) is 21.7. The molecule has 0 spiro atoms. The summed E-state index contributed by atoms with van der Waals surface area (Å²) in [5.41, 5.74) is 0.176. The van der Waals surface area contributed by atoms with Gasteiger partial charge in [-0.1, -0.05) is 66.7 Å². The molecule has 9 nitrogen and oxygen atoms in total. The van der Waals surface area contributed by atoms with Crippen LogP contribution in [0.2, 0.25) is 0 Å². The Kier molecular flexibility index (Phi) is 6.86. The van der Waals surface area contributed by atoms with E-state index in [-0.39, 0.29) is 16.3 Å². The van der Waals surface area contributed by atoms with Crippen molar-refractivity contribution in [3.05, 3.63) is 121 Å². The maximum Gasteiger partial charge on any atom is 0.300 e. The number of hydrazone groups is 1. The van der Waals surface area contributed by atoms with Crippen molar-refractivity contribution in [3.63, 3.8) is 0 Å². The highest BCUT2D eigenvalue weighted by Gasteiger charge is 2.53. The van der Waals surface area contributed by atoms with Gasteiger partial charge in [-0.05, 0) is 48.5 Å². The van der Waals surface area contributed by atoms with Crippen LogP contribution in [0.5, 0.6) is 0 Å². The number of sulfonamides is 1. The van der Waals surface area contributed by atoms with Gasteiger partial charge in [-0.2, -0.15) is 10.1 Å². The molecule has 0 bridgehead atoms. The van der Waals surface area contributed by atoms with E-state index in [1.807, 2.05) is 12.1 Å². The molecule has 39 heavy (non-hydrogen) atoms. The highest BCUT2D eigenvalue weighted by atomic mass is 32.2. The van der Waals surface area contributed by atoms with Crippen LogP contribution >= 0.6 is 0 Å². The lowest BCUT2D eigenvalue weighted by Crippen LogP contribution is -2.64. The first-order valence-electron chi connectivity index (χ1n) is 12.1. The van der Waals surface area contributed by atoms with E-state index in [1.54, 1.807) is 91.0 Å². The lowest BCUT2D eigenvalue weighted by molar-refractivity contribution is -0.127. The number of rotatable bonds is 8. The molecule has 0 saturated heterocycles. The Bertz CT molecular complexity index is 1650. The van der Waals surface area contributed by atoms with Crippen molar-refractivity contribution in [2.45, 2.75) is 17.5 Å². The number of para-hydroxylation sites is 2. The predicted octanol–water partition coefficient (Wildman–Crippen LogP) is 4.18. The third kappa shape index (κ3) is 5.23. The topological polar surface area (TPSA) is 120 Å². The van der Waals surface area contributed by atoms with Crippen LogP contribution in [-0.2, 0) is 19.6 Å². The third-order valence-electron chi connectivity index (χ3n) is 5.98. The van der Waals surface area contributed by atoms with Crippen LogP contribution in [0.4, 0.5) is 17.1 Å². The maximum absolute atomic E-state index is 14.1. The molecule has 196 valence electrons. The molecule has 4 aromatic rings. The van der Waals surface area contributed by atoms with Crippen molar-refractivity contribution in [2.75, 3.05) is 15.0 Å². The van der Waals surface area contributed by atoms with E-state index < -0.39 is 27.5 Å². The first kappa shape index (κ1) is 25.7. The molecule has 3 N–H and O–H groups in total. The van der Waals surface area contributed by atoms with E-state index in [0.29, 0.717) is 16.9 Å². The lowest BCUT2D eigenvalue weighted by atomic mass is 9.95. The second-order valence-electron chi connectivity index (χ2n) is 8.82. The zero-order valence-electron chi connectivity index (χ0n) is 20.9. The Labute approximate surface area is 226 Å². The second kappa shape index (κ2) is 10.4. The summed E-state index contributed by atoms with van der Waals surface area (Å²) in [5, 5.41) is 11.8. The fraction of sp³-hybridized carbons (Fsp3) is 0.0690. The number of carbonyl (C=O) groups excluding carboxylic acids is 2. The van der Waals surface area contributed by atoms with Gasteiger partial charge in [0.1, 0.15) is 5.71 Å². The summed E-state index contributed by atoms with van der Waals surface area (Å²) in [7, 11) is -3.87. The van der Waals surface area contributed by atoms with Crippen LogP contribution in [0, 0.1) is 0 Å². The van der Waals surface area contributed by atoms with E-state index in [9.17, 15) is 18.0 Å². The number of benzene rings is 4. The molecule has 0 saturated carbocycles. The van der Waals surface area contributed by atoms with Gasteiger partial charge in [0.25, 0.3) is 10.0 Å². The smallest absolute Gasteiger partial charge is 0.300 e. The maximum atomic E-state index is 14.1. The van der Waals surface area contributed by atoms with Gasteiger partial charge in [-0.3, -0.25) is 14.3 Å². The van der Waals surface area contributed by atoms with Crippen LogP contribution < -0.4 is 20.4 Å². The quantitative estimate of drug-likeness (QED) is 0.290. The molecule has 0 fully saturated rings. The number of hydrogen-bond acceptors (Lipinski definition) is 6. The normalized spacial score (nSPS) is 16.9. The number of nitrogens with one attached hydrogen (secondary N) is 3. The van der Waals surface area contributed by atoms with Gasteiger partial charge in [0, 0.05) is 23.9 Å². The van der Waals surface area contributed by atoms with Gasteiger partial charge in [0.05, 0.1) is 10.6 Å². The molecule has 0 radical (unpaired) electrons. The van der Waals surface area contributed by atoms with Crippen molar-refractivity contribution >= 4 is 44.6 Å². The molecular formula is C29H25N5O4S. The van der Waals surface area contributed by atoms with Gasteiger partial charge >= 0.3 is 5.91 Å². The molecule has 4 aromatic carbocycles. The molecule has 1 atom stereocenters. The Morgan fingerprint density at radius 3 is 2.03 bits per heavy atom. The Morgan fingerprint density at radius 2 is 1.38 bits per heavy atom. The SMILES string of the molecule is CC(=O)NC1(Nc2ccccc2)C(=O)N(c2ccccc2)N=C1c1cccc(NS(=O)(=O)c2ccccc2)c1. The Balaban J connectivity index is 1.62. The first-order valence-corrected chi connectivity index (χ1v) is 13.6. The van der Waals surface area contributed by atoms with E-state index in [0.717, 1.165) is 0 Å². The minimum absolute atomic E-state index is 0.109. The number of anilines is 3. The van der Waals surface area contributed by atoms with E-state index in [2.05, 4.69) is 20.5 Å². The largest absolute Gasteiger partial charge is 0.350 e. The molecule has 1 unspecified atom stereocenters. The second-order valence-corrected chi connectivity index (χ2v) is 10.5. The molecule has 1 heterocycles. The number of carbonyl (C=O) groups is 2. The number of hydrogen-bond donors (Lipinski definition) is 3. The lowest BCUT2D eigenvalue weighted by Gasteiger charge is -2.32. The first-order chi connectivity index (χ1) is 18.8. The summed E-state index contributed by atoms with van der Waals surface area (Å²) in [4.78, 5) is 26.7. The van der Waals surface area contributed by atoms with Gasteiger partial charge in [-0.25, -0.2) is 8.42 Å². The van der Waals surface area contributed by atoms with Gasteiger partial charge < -0.3 is 10.6 Å². The molecule has 1 aliphatic rings. The van der Waals surface area contributed by atoms with Crippen LogP contribution in [0.3, 0.4) is 0 Å². The Hall–Kier alpha value is -4.96. The van der Waals surface area contributed by atoms with Gasteiger partial charge in [-0.15, -0.1) is 0 Å². The average molecular weight is 540 g/mol. The summed E-state index contributed by atoms with van der Waals surface area (Å²) in [6.07, 6.45) is 0. The van der Waals surface area contributed by atoms with Crippen LogP contribution in [0.15, 0.2) is 125 Å². The summed E-state index contributed by atoms with van der Waals surface area (Å²) in [6.45, 7) is 1.31. The van der Waals surface area contributed by atoms with Crippen molar-refractivity contribution in [1.29, 1.82) is 0 Å². The fourth-order valence-electron chi connectivity index (χ4n) is 4.30. The fourth-order valence-corrected chi connectivity index (χ4v) is 5.37. The molecular weight excluding hydrogens is 514 g/mol. The molecule has 10 heteroatoms. The van der Waals surface area contributed by atoms with Crippen molar-refractivity contribution in [3.8, 4) is 0 Å². The van der Waals surface area contributed by atoms with Gasteiger partial charge in [0.15, 0.2) is 0 Å². The molecule has 0 aliphatic carbocycles. The summed E-state index contributed by atoms with van der Waals surface area (Å²) in [5.74, 6) is -0.992. The standard InChI is InChI=1S/C29H25N5O4S/c1-21(35)30-29(31-23-13-5-2-6-14-23)27(32-34(28(29)36)25-16-7-3-8-17-25)22-12-11-15-24(20-22)33-39(37,38)26-18-9-4-10-19-26/h2-20,31,33H,1H3,(H,30,35). The molecule has 5 rings (SSSR count). The minimum atomic E-state index is -3.87. The highest BCUT2D eigenvalue weighted by molar-refractivity contribution is 7.92. The number of nitrogens with zero attached hydrogens (tertiary/aromatic N) is 2. The van der Waals surface area contributed by atoms with Crippen molar-refractivity contribution in [2.24, 2.45) is 5.10 Å². The highest BCUT2D eigenvalue weighted by Crippen LogP contribution is 2.32. The summed E-state index contributed by atoms with van der Waals surface area (Å²) in [6, 6.07) is 32.3. The van der Waals surface area contributed by atoms with Crippen molar-refractivity contribution < 1.29 is 18.0 Å². The average Bonchev–Trinajstić information content (AvgIpc) is 3.21.